The zero-order chi connectivity index (χ0) is 18.7. The van der Waals surface area contributed by atoms with E-state index in [0.29, 0.717) is 22.4 Å². The van der Waals surface area contributed by atoms with Crippen molar-refractivity contribution in [2.75, 3.05) is 12.4 Å². The van der Waals surface area contributed by atoms with Crippen molar-refractivity contribution in [1.29, 1.82) is 0 Å². The Bertz CT molecular complexity index is 1060. The number of nitro benzene ring substituents is 1. The second kappa shape index (κ2) is 6.93. The molecule has 0 aliphatic carbocycles. The average Bonchev–Trinajstić information content (AvgIpc) is 2.66. The molecule has 0 saturated carbocycles. The third-order valence-electron chi connectivity index (χ3n) is 3.64. The number of hydrogen-bond acceptors (Lipinski definition) is 7. The fourth-order valence-electron chi connectivity index (χ4n) is 2.38. The highest BCUT2D eigenvalue weighted by atomic mass is 16.6. The van der Waals surface area contributed by atoms with Gasteiger partial charge in [-0.05, 0) is 29.4 Å². The first-order valence-corrected chi connectivity index (χ1v) is 7.37. The van der Waals surface area contributed by atoms with E-state index >= 15 is 0 Å². The first kappa shape index (κ1) is 17.0. The number of carbonyl (C=O) groups is 1. The van der Waals surface area contributed by atoms with E-state index < -0.39 is 10.8 Å². The van der Waals surface area contributed by atoms with Gasteiger partial charge in [0.1, 0.15) is 11.3 Å². The number of nitrogens with one attached hydrogen (secondary N) is 1. The van der Waals surface area contributed by atoms with Crippen LogP contribution in [0, 0.1) is 10.1 Å². The first-order valence-electron chi connectivity index (χ1n) is 7.37. The summed E-state index contributed by atoms with van der Waals surface area (Å²) in [6.45, 7) is 0. The van der Waals surface area contributed by atoms with E-state index in [1.807, 2.05) is 0 Å². The Kier molecular flexibility index (Phi) is 4.52. The second-order valence-corrected chi connectivity index (χ2v) is 5.22. The normalized spacial score (nSPS) is 11.3. The lowest BCUT2D eigenvalue weighted by Crippen LogP contribution is -2.15. The number of benzene rings is 2. The van der Waals surface area contributed by atoms with Crippen LogP contribution in [-0.4, -0.2) is 23.1 Å². The fourth-order valence-corrected chi connectivity index (χ4v) is 2.38. The minimum atomic E-state index is -0.528. The SMILES string of the molecule is COc1ccc2c(C(=O)Nc3ccc([N+](=O)[O-])cc3)cc(=NO)oc2c1. The van der Waals surface area contributed by atoms with Gasteiger partial charge in [-0.2, -0.15) is 0 Å². The summed E-state index contributed by atoms with van der Waals surface area (Å²) in [7, 11) is 1.49. The summed E-state index contributed by atoms with van der Waals surface area (Å²) in [5.74, 6) is 0.0211. The van der Waals surface area contributed by atoms with Crippen molar-refractivity contribution >= 4 is 28.3 Å². The quantitative estimate of drug-likeness (QED) is 0.421. The summed E-state index contributed by atoms with van der Waals surface area (Å²) in [6.07, 6.45) is 0. The minimum absolute atomic E-state index is 0.0829. The molecule has 26 heavy (non-hydrogen) atoms. The highest BCUT2D eigenvalue weighted by Gasteiger charge is 2.14. The van der Waals surface area contributed by atoms with Crippen molar-refractivity contribution in [2.45, 2.75) is 0 Å². The molecule has 0 fully saturated rings. The van der Waals surface area contributed by atoms with Crippen LogP contribution in [0.1, 0.15) is 10.4 Å². The van der Waals surface area contributed by atoms with Gasteiger partial charge in [-0.25, -0.2) is 0 Å². The van der Waals surface area contributed by atoms with Crippen LogP contribution in [0.25, 0.3) is 11.0 Å². The van der Waals surface area contributed by atoms with Crippen LogP contribution in [0.3, 0.4) is 0 Å². The van der Waals surface area contributed by atoms with E-state index in [1.165, 1.54) is 37.4 Å². The van der Waals surface area contributed by atoms with Gasteiger partial charge in [0.05, 0.1) is 17.6 Å². The highest BCUT2D eigenvalue weighted by molar-refractivity contribution is 6.12. The average molecular weight is 355 g/mol. The number of rotatable bonds is 4. The number of nitro groups is 1. The predicted octanol–water partition coefficient (Wildman–Crippen LogP) is 2.89. The maximum absolute atomic E-state index is 12.6. The highest BCUT2D eigenvalue weighted by Crippen LogP contribution is 2.23. The molecule has 0 radical (unpaired) electrons. The van der Waals surface area contributed by atoms with Gasteiger partial charge in [0.2, 0.25) is 0 Å². The molecule has 1 heterocycles. The number of non-ortho nitro benzene ring substituents is 1. The number of nitrogens with zero attached hydrogens (tertiary/aromatic N) is 2. The fraction of sp³-hybridized carbons (Fsp3) is 0.0588. The molecule has 1 amide bonds. The second-order valence-electron chi connectivity index (χ2n) is 5.22. The van der Waals surface area contributed by atoms with Crippen LogP contribution < -0.4 is 15.6 Å². The maximum Gasteiger partial charge on any atom is 0.269 e. The molecule has 132 valence electrons. The zero-order valence-electron chi connectivity index (χ0n) is 13.5. The van der Waals surface area contributed by atoms with Crippen LogP contribution in [0.5, 0.6) is 5.75 Å². The van der Waals surface area contributed by atoms with Gasteiger partial charge in [-0.3, -0.25) is 14.9 Å². The van der Waals surface area contributed by atoms with Gasteiger partial charge in [-0.1, -0.05) is 0 Å². The number of methoxy groups -OCH3 is 1. The summed E-state index contributed by atoms with van der Waals surface area (Å²) < 4.78 is 10.5. The number of ether oxygens (including phenoxy) is 1. The molecule has 0 aliphatic rings. The number of fused-ring (bicyclic) bond motifs is 1. The summed E-state index contributed by atoms with van der Waals surface area (Å²) in [5.41, 5.74) is 0.652. The lowest BCUT2D eigenvalue weighted by molar-refractivity contribution is -0.384. The molecule has 3 aromatic rings. The van der Waals surface area contributed by atoms with Crippen molar-refractivity contribution in [3.05, 3.63) is 69.8 Å². The van der Waals surface area contributed by atoms with E-state index in [1.54, 1.807) is 18.2 Å². The van der Waals surface area contributed by atoms with Gasteiger partial charge in [0.15, 0.2) is 0 Å². The van der Waals surface area contributed by atoms with E-state index in [2.05, 4.69) is 10.5 Å². The van der Waals surface area contributed by atoms with E-state index in [-0.39, 0.29) is 16.8 Å². The van der Waals surface area contributed by atoms with Crippen molar-refractivity contribution in [2.24, 2.45) is 5.16 Å². The van der Waals surface area contributed by atoms with Gasteiger partial charge in [-0.15, -0.1) is 0 Å². The molecule has 0 saturated heterocycles. The van der Waals surface area contributed by atoms with Crippen molar-refractivity contribution in [3.63, 3.8) is 0 Å². The van der Waals surface area contributed by atoms with E-state index in [4.69, 9.17) is 14.4 Å². The molecule has 2 aromatic carbocycles. The Morgan fingerprint density at radius 1 is 1.23 bits per heavy atom. The predicted molar refractivity (Wildman–Crippen MR) is 91.2 cm³/mol. The third-order valence-corrected chi connectivity index (χ3v) is 3.64. The number of amides is 1. The van der Waals surface area contributed by atoms with E-state index in [0.717, 1.165) is 0 Å². The van der Waals surface area contributed by atoms with Crippen molar-refractivity contribution in [3.8, 4) is 5.75 Å². The molecule has 3 rings (SSSR count). The number of hydrogen-bond donors (Lipinski definition) is 2. The summed E-state index contributed by atoms with van der Waals surface area (Å²) in [4.78, 5) is 22.8. The first-order chi connectivity index (χ1) is 12.5. The molecule has 9 heteroatoms. The lowest BCUT2D eigenvalue weighted by atomic mass is 10.1. The van der Waals surface area contributed by atoms with Crippen molar-refractivity contribution < 1.29 is 24.1 Å². The summed E-state index contributed by atoms with van der Waals surface area (Å²) in [5, 5.41) is 25.8. The van der Waals surface area contributed by atoms with Gasteiger partial charge < -0.3 is 19.7 Å². The van der Waals surface area contributed by atoms with Crippen LogP contribution in [0.15, 0.2) is 58.1 Å². The van der Waals surface area contributed by atoms with Gasteiger partial charge >= 0.3 is 0 Å². The molecule has 1 aromatic heterocycles. The summed E-state index contributed by atoms with van der Waals surface area (Å²) >= 11 is 0. The molecule has 9 nitrogen and oxygen atoms in total. The Hall–Kier alpha value is -3.88. The summed E-state index contributed by atoms with van der Waals surface area (Å²) in [6, 6.07) is 11.6. The molecule has 2 N–H and O–H groups in total. The van der Waals surface area contributed by atoms with Crippen LogP contribution >= 0.6 is 0 Å². The number of carbonyl (C=O) groups excluding carboxylic acids is 1. The maximum atomic E-state index is 12.6. The smallest absolute Gasteiger partial charge is 0.269 e. The van der Waals surface area contributed by atoms with Crippen LogP contribution in [-0.2, 0) is 0 Å². The zero-order valence-corrected chi connectivity index (χ0v) is 13.5. The monoisotopic (exact) mass is 355 g/mol. The van der Waals surface area contributed by atoms with Crippen LogP contribution in [0.2, 0.25) is 0 Å². The molecule has 0 bridgehead atoms. The van der Waals surface area contributed by atoms with Crippen molar-refractivity contribution in [1.82, 2.24) is 0 Å². The Balaban J connectivity index is 2.00. The topological polar surface area (TPSA) is 127 Å². The molecule has 0 aliphatic heterocycles. The van der Waals surface area contributed by atoms with Gasteiger partial charge in [0.25, 0.3) is 17.1 Å². The Morgan fingerprint density at radius 3 is 2.58 bits per heavy atom. The molecule has 0 unspecified atom stereocenters. The lowest BCUT2D eigenvalue weighted by Gasteiger charge is -2.08. The molecular weight excluding hydrogens is 342 g/mol. The Labute approximate surface area is 146 Å². The molecule has 0 spiro atoms. The van der Waals surface area contributed by atoms with Gasteiger partial charge in [0, 0.05) is 35.3 Å². The van der Waals surface area contributed by atoms with E-state index in [9.17, 15) is 14.9 Å². The standard InChI is InChI=1S/C17H13N3O6/c1-25-12-6-7-13-14(9-16(19-22)26-15(13)8-12)17(21)18-10-2-4-11(5-3-10)20(23)24/h2-9,22H,1H3,(H,18,21). The Morgan fingerprint density at radius 2 is 1.96 bits per heavy atom. The molecule has 0 atom stereocenters. The largest absolute Gasteiger partial charge is 0.497 e. The minimum Gasteiger partial charge on any atom is -0.497 e. The molecular formula is C17H13N3O6. The van der Waals surface area contributed by atoms with Crippen LogP contribution in [0.4, 0.5) is 11.4 Å². The third kappa shape index (κ3) is 3.31. The number of anilines is 1.